The fraction of sp³-hybridized carbons (Fsp3) is 0.455. The van der Waals surface area contributed by atoms with Gasteiger partial charge in [-0.2, -0.15) is 0 Å². The predicted molar refractivity (Wildman–Crippen MR) is 139 cm³/mol. The molecule has 2 aromatic rings. The summed E-state index contributed by atoms with van der Waals surface area (Å²) in [6, 6.07) is 12.9. The van der Waals surface area contributed by atoms with Crippen LogP contribution in [0, 0.1) is 0 Å². The summed E-state index contributed by atoms with van der Waals surface area (Å²) in [4.78, 5) is 39.7. The van der Waals surface area contributed by atoms with Gasteiger partial charge in [-0.3, -0.25) is 9.13 Å². The first-order valence-corrected chi connectivity index (χ1v) is 18.8. The van der Waals surface area contributed by atoms with E-state index in [-0.39, 0.29) is 24.6 Å². The lowest BCUT2D eigenvalue weighted by molar-refractivity contribution is 0.366. The second-order valence-corrected chi connectivity index (χ2v) is 19.9. The fourth-order valence-corrected chi connectivity index (χ4v) is 15.5. The summed E-state index contributed by atoms with van der Waals surface area (Å²) in [5, 5.41) is -2.71. The molecular formula is C22H34O8P4. The zero-order chi connectivity index (χ0) is 25.9. The summed E-state index contributed by atoms with van der Waals surface area (Å²) < 4.78 is 50.8. The van der Waals surface area contributed by atoms with Crippen molar-refractivity contribution in [1.82, 2.24) is 0 Å². The van der Waals surface area contributed by atoms with Gasteiger partial charge in [-0.1, -0.05) is 76.2 Å². The van der Waals surface area contributed by atoms with Crippen molar-refractivity contribution in [2.45, 2.75) is 38.5 Å². The third-order valence-electron chi connectivity index (χ3n) is 6.42. The number of hydrogen-bond donors (Lipinski definition) is 4. The smallest absolute Gasteiger partial charge is 0.324 e. The maximum absolute atomic E-state index is 13.2. The van der Waals surface area contributed by atoms with Crippen LogP contribution in [0.3, 0.4) is 0 Å². The minimum absolute atomic E-state index is 0.183. The Labute approximate surface area is 201 Å². The van der Waals surface area contributed by atoms with Crippen LogP contribution in [-0.4, -0.2) is 44.2 Å². The number of benzene rings is 2. The van der Waals surface area contributed by atoms with E-state index >= 15 is 0 Å². The van der Waals surface area contributed by atoms with Crippen molar-refractivity contribution in [2.75, 3.05) is 24.6 Å². The largest absolute Gasteiger partial charge is 0.340 e. The Hall–Kier alpha value is -0.800. The molecule has 34 heavy (non-hydrogen) atoms. The SMILES string of the molecule is CCP(=O)(CC)C(c1ccc(-c2ccc(C(P(=O)(O)O)P(=O)(CC)CC)cc2)cc1)P(=O)(O)O. The first kappa shape index (κ1) is 29.4. The van der Waals surface area contributed by atoms with Gasteiger partial charge in [-0.25, -0.2) is 0 Å². The summed E-state index contributed by atoms with van der Waals surface area (Å²) in [5.41, 5.74) is 2.05. The fourth-order valence-electron chi connectivity index (χ4n) is 4.31. The molecule has 0 saturated heterocycles. The molecule has 12 heteroatoms. The number of hydrogen-bond acceptors (Lipinski definition) is 4. The van der Waals surface area contributed by atoms with Crippen molar-refractivity contribution in [3.8, 4) is 11.1 Å². The summed E-state index contributed by atoms with van der Waals surface area (Å²) in [5.74, 6) is 0. The monoisotopic (exact) mass is 550 g/mol. The highest BCUT2D eigenvalue weighted by Gasteiger charge is 2.44. The molecule has 8 nitrogen and oxygen atoms in total. The lowest BCUT2D eigenvalue weighted by Gasteiger charge is -2.27. The standard InChI is InChI=1S/C22H34O8P4/c1-5-31(23,6-2)21(33(25,26)27)19-13-9-17(10-14-19)18-11-15-20(16-12-18)22(34(28,29)30)32(24,7-3)8-4/h9-16,21-22H,5-8H2,1-4H3,(H2,25,26,27)(H2,28,29,30). The van der Waals surface area contributed by atoms with E-state index in [0.717, 1.165) is 0 Å². The van der Waals surface area contributed by atoms with Gasteiger partial charge < -0.3 is 28.7 Å². The minimum Gasteiger partial charge on any atom is -0.324 e. The van der Waals surface area contributed by atoms with Crippen molar-refractivity contribution in [3.63, 3.8) is 0 Å². The molecule has 0 aromatic heterocycles. The van der Waals surface area contributed by atoms with E-state index in [4.69, 9.17) is 0 Å². The van der Waals surface area contributed by atoms with Crippen molar-refractivity contribution in [3.05, 3.63) is 59.7 Å². The van der Waals surface area contributed by atoms with Gasteiger partial charge in [-0.15, -0.1) is 0 Å². The van der Waals surface area contributed by atoms with Crippen LogP contribution in [0.5, 0.6) is 0 Å². The first-order chi connectivity index (χ1) is 15.7. The lowest BCUT2D eigenvalue weighted by atomic mass is 10.0. The van der Waals surface area contributed by atoms with Crippen LogP contribution in [0.2, 0.25) is 0 Å². The Morgan fingerprint density at radius 2 is 0.765 bits per heavy atom. The second-order valence-electron chi connectivity index (χ2n) is 8.34. The molecule has 0 saturated carbocycles. The molecule has 2 unspecified atom stereocenters. The highest BCUT2D eigenvalue weighted by Crippen LogP contribution is 2.74. The van der Waals surface area contributed by atoms with Crippen LogP contribution in [0.15, 0.2) is 48.5 Å². The third-order valence-corrected chi connectivity index (χ3v) is 19.3. The summed E-state index contributed by atoms with van der Waals surface area (Å²) in [7, 11) is -15.6. The van der Waals surface area contributed by atoms with Crippen LogP contribution in [0.1, 0.15) is 49.6 Å². The third kappa shape index (κ3) is 6.30. The van der Waals surface area contributed by atoms with E-state index < -0.39 is 40.3 Å². The van der Waals surface area contributed by atoms with Crippen molar-refractivity contribution >= 4 is 29.5 Å². The van der Waals surface area contributed by atoms with Gasteiger partial charge in [-0.05, 0) is 46.9 Å². The molecule has 0 aliphatic rings. The van der Waals surface area contributed by atoms with E-state index in [9.17, 15) is 37.8 Å². The van der Waals surface area contributed by atoms with E-state index in [1.165, 1.54) is 0 Å². The summed E-state index contributed by atoms with van der Waals surface area (Å²) in [6.45, 7) is 6.68. The lowest BCUT2D eigenvalue weighted by Crippen LogP contribution is -2.06. The van der Waals surface area contributed by atoms with E-state index in [1.807, 2.05) is 0 Å². The topological polar surface area (TPSA) is 149 Å². The highest BCUT2D eigenvalue weighted by molar-refractivity contribution is 7.77. The van der Waals surface area contributed by atoms with Crippen molar-refractivity contribution in [1.29, 1.82) is 0 Å². The molecule has 0 spiro atoms. The molecule has 2 atom stereocenters. The molecule has 0 bridgehead atoms. The number of rotatable bonds is 11. The Bertz CT molecular complexity index is 1050. The van der Waals surface area contributed by atoms with Crippen LogP contribution in [-0.2, 0) is 18.3 Å². The molecule has 2 aromatic carbocycles. The molecule has 0 amide bonds. The molecule has 2 rings (SSSR count). The van der Waals surface area contributed by atoms with E-state index in [1.54, 1.807) is 76.2 Å². The van der Waals surface area contributed by atoms with Gasteiger partial charge in [0.05, 0.1) is 0 Å². The summed E-state index contributed by atoms with van der Waals surface area (Å²) >= 11 is 0. The quantitative estimate of drug-likeness (QED) is 0.231. The highest BCUT2D eigenvalue weighted by atomic mass is 31.2. The maximum Gasteiger partial charge on any atom is 0.340 e. The van der Waals surface area contributed by atoms with Crippen LogP contribution in [0.25, 0.3) is 11.1 Å². The zero-order valence-corrected chi connectivity index (χ0v) is 23.4. The first-order valence-electron chi connectivity index (χ1n) is 11.1. The van der Waals surface area contributed by atoms with Gasteiger partial charge in [0, 0.05) is 0 Å². The van der Waals surface area contributed by atoms with Crippen molar-refractivity contribution < 1.29 is 37.8 Å². The Morgan fingerprint density at radius 3 is 0.941 bits per heavy atom. The zero-order valence-electron chi connectivity index (χ0n) is 19.8. The molecule has 0 fully saturated rings. The molecular weight excluding hydrogens is 516 g/mol. The average molecular weight is 550 g/mol. The van der Waals surface area contributed by atoms with Crippen LogP contribution < -0.4 is 0 Å². The van der Waals surface area contributed by atoms with Gasteiger partial charge >= 0.3 is 15.2 Å². The molecule has 0 heterocycles. The Balaban J connectivity index is 2.46. The molecule has 0 radical (unpaired) electrons. The normalized spacial score (nSPS) is 15.2. The predicted octanol–water partition coefficient (Wildman–Crippen LogP) is 6.51. The van der Waals surface area contributed by atoms with Gasteiger partial charge in [0.25, 0.3) is 0 Å². The van der Waals surface area contributed by atoms with E-state index in [2.05, 4.69) is 0 Å². The van der Waals surface area contributed by atoms with Gasteiger partial charge in [0.2, 0.25) is 0 Å². The van der Waals surface area contributed by atoms with Crippen LogP contribution in [0.4, 0.5) is 0 Å². The second kappa shape index (κ2) is 11.1. The molecule has 4 N–H and O–H groups in total. The Morgan fingerprint density at radius 1 is 0.529 bits per heavy atom. The minimum atomic E-state index is -4.66. The average Bonchev–Trinajstić information content (AvgIpc) is 2.78. The van der Waals surface area contributed by atoms with E-state index in [0.29, 0.717) is 22.3 Å². The molecule has 0 aliphatic heterocycles. The van der Waals surface area contributed by atoms with Crippen LogP contribution >= 0.6 is 29.5 Å². The summed E-state index contributed by atoms with van der Waals surface area (Å²) in [6.07, 6.45) is 0.733. The molecule has 190 valence electrons. The van der Waals surface area contributed by atoms with Gasteiger partial charge in [0.15, 0.2) is 0 Å². The Kier molecular flexibility index (Phi) is 9.59. The van der Waals surface area contributed by atoms with Gasteiger partial charge in [0.1, 0.15) is 25.1 Å². The maximum atomic E-state index is 13.2. The van der Waals surface area contributed by atoms with Crippen molar-refractivity contribution in [2.24, 2.45) is 0 Å². The molecule has 0 aliphatic carbocycles.